The Morgan fingerprint density at radius 2 is 1.58 bits per heavy atom. The first kappa shape index (κ1) is 30.4. The highest BCUT2D eigenvalue weighted by Gasteiger charge is 2.51. The van der Waals surface area contributed by atoms with E-state index >= 15 is 4.39 Å². The highest BCUT2D eigenvalue weighted by atomic mass is 19.1. The van der Waals surface area contributed by atoms with Crippen LogP contribution in [0.1, 0.15) is 47.2 Å². The van der Waals surface area contributed by atoms with E-state index in [-0.39, 0.29) is 23.7 Å². The number of halogens is 1. The van der Waals surface area contributed by atoms with Gasteiger partial charge < -0.3 is 24.8 Å². The fourth-order valence-corrected chi connectivity index (χ4v) is 7.04. The van der Waals surface area contributed by atoms with Gasteiger partial charge in [0.1, 0.15) is 5.82 Å². The number of nitrogens with zero attached hydrogens (tertiary/aromatic N) is 2. The molecule has 0 spiro atoms. The van der Waals surface area contributed by atoms with Crippen LogP contribution < -0.4 is 19.9 Å². The number of primary amides is 1. The van der Waals surface area contributed by atoms with E-state index in [9.17, 15) is 9.59 Å². The van der Waals surface area contributed by atoms with E-state index in [0.717, 1.165) is 12.0 Å². The molecule has 2 amide bonds. The normalized spacial score (nSPS) is 23.0. The number of nitrogens with two attached hydrogens (primary N) is 1. The van der Waals surface area contributed by atoms with E-state index < -0.39 is 17.2 Å². The van der Waals surface area contributed by atoms with E-state index in [2.05, 4.69) is 11.8 Å². The Hall–Kier alpha value is -4.11. The van der Waals surface area contributed by atoms with E-state index in [1.165, 1.54) is 27.4 Å². The number of hydrogen-bond donors (Lipinski definition) is 1. The lowest BCUT2D eigenvalue weighted by atomic mass is 9.62. The summed E-state index contributed by atoms with van der Waals surface area (Å²) in [4.78, 5) is 31.1. The fraction of sp³-hybridized carbons (Fsp3) is 0.412. The Morgan fingerprint density at radius 1 is 0.930 bits per heavy atom. The zero-order valence-corrected chi connectivity index (χ0v) is 25.2. The summed E-state index contributed by atoms with van der Waals surface area (Å²) in [5, 5.41) is 0. The van der Waals surface area contributed by atoms with Gasteiger partial charge in [0, 0.05) is 37.2 Å². The Kier molecular flexibility index (Phi) is 8.92. The number of methoxy groups -OCH3 is 3. The maximum absolute atomic E-state index is 15.3. The topological polar surface area (TPSA) is 94.3 Å². The quantitative estimate of drug-likeness (QED) is 0.392. The second kappa shape index (κ2) is 12.6. The van der Waals surface area contributed by atoms with Crippen molar-refractivity contribution in [2.75, 3.05) is 47.5 Å². The fourth-order valence-electron chi connectivity index (χ4n) is 7.04. The number of benzene rings is 3. The van der Waals surface area contributed by atoms with Crippen molar-refractivity contribution in [2.45, 2.75) is 37.1 Å². The van der Waals surface area contributed by atoms with Gasteiger partial charge in [-0.15, -0.1) is 0 Å². The molecule has 228 valence electrons. The molecule has 4 atom stereocenters. The maximum atomic E-state index is 15.3. The number of ether oxygens (including phenoxy) is 3. The van der Waals surface area contributed by atoms with Crippen molar-refractivity contribution in [2.24, 2.45) is 11.7 Å². The molecule has 2 aliphatic rings. The number of piperidine rings is 1. The van der Waals surface area contributed by atoms with Crippen LogP contribution in [0.15, 0.2) is 66.7 Å². The van der Waals surface area contributed by atoms with Crippen LogP contribution >= 0.6 is 0 Å². The van der Waals surface area contributed by atoms with Crippen molar-refractivity contribution < 1.29 is 28.2 Å². The van der Waals surface area contributed by atoms with Gasteiger partial charge in [-0.2, -0.15) is 0 Å². The summed E-state index contributed by atoms with van der Waals surface area (Å²) in [6.07, 6.45) is 1.30. The minimum absolute atomic E-state index is 0.0914. The lowest BCUT2D eigenvalue weighted by Gasteiger charge is -2.49. The van der Waals surface area contributed by atoms with Crippen molar-refractivity contribution in [3.8, 4) is 17.2 Å². The van der Waals surface area contributed by atoms with Gasteiger partial charge in [-0.3, -0.25) is 14.5 Å². The van der Waals surface area contributed by atoms with Gasteiger partial charge in [-0.25, -0.2) is 4.39 Å². The van der Waals surface area contributed by atoms with Crippen molar-refractivity contribution in [3.05, 3.63) is 89.2 Å². The summed E-state index contributed by atoms with van der Waals surface area (Å²) in [7, 11) is 4.58. The molecule has 0 aliphatic carbocycles. The highest BCUT2D eigenvalue weighted by Crippen LogP contribution is 2.47. The molecule has 5 rings (SSSR count). The maximum Gasteiger partial charge on any atom is 0.254 e. The molecule has 43 heavy (non-hydrogen) atoms. The first-order valence-corrected chi connectivity index (χ1v) is 14.7. The molecular formula is C34H40FN3O5. The minimum Gasteiger partial charge on any atom is -0.493 e. The van der Waals surface area contributed by atoms with Crippen LogP contribution in [-0.4, -0.2) is 75.2 Å². The summed E-state index contributed by atoms with van der Waals surface area (Å²) >= 11 is 0. The predicted molar refractivity (Wildman–Crippen MR) is 162 cm³/mol. The molecule has 2 fully saturated rings. The van der Waals surface area contributed by atoms with Crippen molar-refractivity contribution >= 4 is 11.8 Å². The van der Waals surface area contributed by atoms with Crippen LogP contribution in [0.5, 0.6) is 17.2 Å². The molecule has 3 aromatic carbocycles. The van der Waals surface area contributed by atoms with Gasteiger partial charge >= 0.3 is 0 Å². The van der Waals surface area contributed by atoms with Gasteiger partial charge in [0.25, 0.3) is 5.91 Å². The van der Waals surface area contributed by atoms with E-state index in [1.54, 1.807) is 30.3 Å². The average Bonchev–Trinajstić information content (AvgIpc) is 3.54. The summed E-state index contributed by atoms with van der Waals surface area (Å²) in [5.41, 5.74) is 6.91. The molecule has 3 aromatic rings. The highest BCUT2D eigenvalue weighted by molar-refractivity contribution is 5.96. The molecule has 0 bridgehead atoms. The van der Waals surface area contributed by atoms with Crippen LogP contribution in [0.4, 0.5) is 4.39 Å². The molecule has 0 saturated carbocycles. The van der Waals surface area contributed by atoms with E-state index in [1.807, 2.05) is 35.2 Å². The van der Waals surface area contributed by atoms with E-state index in [0.29, 0.717) is 61.0 Å². The lowest BCUT2D eigenvalue weighted by Crippen LogP contribution is -2.57. The largest absolute Gasteiger partial charge is 0.493 e. The van der Waals surface area contributed by atoms with Crippen LogP contribution in [-0.2, 0) is 10.2 Å². The van der Waals surface area contributed by atoms with Gasteiger partial charge in [0.2, 0.25) is 11.7 Å². The first-order chi connectivity index (χ1) is 20.7. The molecule has 8 nitrogen and oxygen atoms in total. The molecular weight excluding hydrogens is 549 g/mol. The van der Waals surface area contributed by atoms with Crippen LogP contribution in [0.25, 0.3) is 0 Å². The minimum atomic E-state index is -1.04. The van der Waals surface area contributed by atoms with Gasteiger partial charge in [0.15, 0.2) is 11.5 Å². The number of amides is 2. The second-order valence-corrected chi connectivity index (χ2v) is 11.5. The number of carbonyl (C=O) groups excluding carboxylic acids is 2. The number of rotatable bonds is 9. The molecule has 0 aromatic heterocycles. The monoisotopic (exact) mass is 589 g/mol. The van der Waals surface area contributed by atoms with Gasteiger partial charge in [-0.1, -0.05) is 48.5 Å². The van der Waals surface area contributed by atoms with Crippen LogP contribution in [0.2, 0.25) is 0 Å². The molecule has 2 saturated heterocycles. The third-order valence-corrected chi connectivity index (χ3v) is 9.50. The Balaban J connectivity index is 1.38. The zero-order valence-electron chi connectivity index (χ0n) is 25.2. The molecule has 2 aliphatic heterocycles. The molecule has 9 heteroatoms. The molecule has 4 unspecified atom stereocenters. The third-order valence-electron chi connectivity index (χ3n) is 9.50. The average molecular weight is 590 g/mol. The number of hydrogen-bond acceptors (Lipinski definition) is 6. The molecule has 2 heterocycles. The third kappa shape index (κ3) is 5.54. The first-order valence-electron chi connectivity index (χ1n) is 14.7. The summed E-state index contributed by atoms with van der Waals surface area (Å²) in [5.74, 6) is 0.138. The lowest BCUT2D eigenvalue weighted by molar-refractivity contribution is -0.126. The van der Waals surface area contributed by atoms with Crippen molar-refractivity contribution in [1.29, 1.82) is 0 Å². The van der Waals surface area contributed by atoms with E-state index in [4.69, 9.17) is 19.9 Å². The summed E-state index contributed by atoms with van der Waals surface area (Å²) in [6.45, 7) is 4.45. The predicted octanol–water partition coefficient (Wildman–Crippen LogP) is 4.61. The molecule has 2 N–H and O–H groups in total. The van der Waals surface area contributed by atoms with Crippen molar-refractivity contribution in [1.82, 2.24) is 9.80 Å². The Morgan fingerprint density at radius 3 is 2.19 bits per heavy atom. The summed E-state index contributed by atoms with van der Waals surface area (Å²) in [6, 6.07) is 19.6. The smallest absolute Gasteiger partial charge is 0.254 e. The number of carbonyl (C=O) groups is 2. The Bertz CT molecular complexity index is 1440. The van der Waals surface area contributed by atoms with Crippen molar-refractivity contribution in [3.63, 3.8) is 0 Å². The SMILES string of the molecule is COc1cc(C(=O)N2CCC(C(C)N3CCC(C(N)=O)(c4ccccc4)C(c4ccccc4F)C3)C2)cc(OC)c1OC. The zero-order chi connectivity index (χ0) is 30.7. The number of likely N-dealkylation sites (tertiary alicyclic amines) is 2. The van der Waals surface area contributed by atoms with Gasteiger partial charge in [0.05, 0.1) is 26.7 Å². The second-order valence-electron chi connectivity index (χ2n) is 11.5. The standard InChI is InChI=1S/C34H40FN3O5/c1-22(23-14-16-38(20-23)32(39)24-18-29(41-2)31(43-4)30(19-24)42-3)37-17-15-34(33(36)40,25-10-6-5-7-11-25)27(21-37)26-12-8-9-13-28(26)35/h5-13,18-19,22-23,27H,14-17,20-21H2,1-4H3,(H2,36,40). The van der Waals surface area contributed by atoms with Crippen LogP contribution in [0, 0.1) is 11.7 Å². The summed E-state index contributed by atoms with van der Waals surface area (Å²) < 4.78 is 31.6. The Labute approximate surface area is 252 Å². The molecule has 0 radical (unpaired) electrons. The van der Waals surface area contributed by atoms with Crippen LogP contribution in [0.3, 0.4) is 0 Å². The van der Waals surface area contributed by atoms with Gasteiger partial charge in [-0.05, 0) is 61.6 Å².